The van der Waals surface area contributed by atoms with Crippen LogP contribution in [0.3, 0.4) is 0 Å². The van der Waals surface area contributed by atoms with Crippen molar-refractivity contribution < 1.29 is 23.9 Å². The lowest BCUT2D eigenvalue weighted by molar-refractivity contribution is -0.154. The van der Waals surface area contributed by atoms with Crippen molar-refractivity contribution in [2.45, 2.75) is 23.0 Å². The lowest BCUT2D eigenvalue weighted by atomic mass is 9.81. The first-order valence-corrected chi connectivity index (χ1v) is 11.3. The van der Waals surface area contributed by atoms with E-state index in [1.807, 2.05) is 19.1 Å². The quantitative estimate of drug-likeness (QED) is 0.360. The summed E-state index contributed by atoms with van der Waals surface area (Å²) in [6.45, 7) is 0.918. The maximum atomic E-state index is 12.8. The SMILES string of the molecule is Cc1ccccc1NC(=O)COC(=O)CN1C(=O)[C@@H]2[C@H]3C[C@@H]([C@@H](Br)[C@H]3Br)[C@H]2C1=O. The average Bonchev–Trinajstić information content (AvgIpc) is 3.29. The van der Waals surface area contributed by atoms with E-state index >= 15 is 0 Å². The van der Waals surface area contributed by atoms with Crippen molar-refractivity contribution in [3.8, 4) is 0 Å². The van der Waals surface area contributed by atoms with Gasteiger partial charge in [0.1, 0.15) is 6.54 Å². The molecule has 3 fully saturated rings. The number of anilines is 1. The van der Waals surface area contributed by atoms with E-state index in [0.29, 0.717) is 5.69 Å². The number of benzene rings is 1. The van der Waals surface area contributed by atoms with Crippen LogP contribution < -0.4 is 5.32 Å². The van der Waals surface area contributed by atoms with Gasteiger partial charge in [-0.2, -0.15) is 0 Å². The number of nitrogens with zero attached hydrogens (tertiary/aromatic N) is 1. The number of halogens is 2. The number of nitrogens with one attached hydrogen (secondary N) is 1. The summed E-state index contributed by atoms with van der Waals surface area (Å²) in [5, 5.41) is 2.66. The van der Waals surface area contributed by atoms with Gasteiger partial charge < -0.3 is 10.1 Å². The van der Waals surface area contributed by atoms with Gasteiger partial charge in [-0.15, -0.1) is 0 Å². The molecule has 6 atom stereocenters. The highest BCUT2D eigenvalue weighted by Crippen LogP contribution is 2.60. The summed E-state index contributed by atoms with van der Waals surface area (Å²) >= 11 is 7.25. The second kappa shape index (κ2) is 7.83. The minimum atomic E-state index is -0.773. The van der Waals surface area contributed by atoms with Gasteiger partial charge in [0, 0.05) is 15.3 Å². The summed E-state index contributed by atoms with van der Waals surface area (Å²) in [5.41, 5.74) is 1.52. The van der Waals surface area contributed by atoms with E-state index in [4.69, 9.17) is 4.74 Å². The zero-order chi connectivity index (χ0) is 20.9. The number of fused-ring (bicyclic) bond motifs is 5. The summed E-state index contributed by atoms with van der Waals surface area (Å²) in [4.78, 5) is 51.0. The summed E-state index contributed by atoms with van der Waals surface area (Å²) in [5.74, 6) is -2.44. The monoisotopic (exact) mass is 526 g/mol. The number of ether oxygens (including phenoxy) is 1. The number of hydrogen-bond donors (Lipinski definition) is 1. The highest BCUT2D eigenvalue weighted by Gasteiger charge is 2.66. The zero-order valence-electron chi connectivity index (χ0n) is 15.6. The number of likely N-dealkylation sites (tertiary alicyclic amines) is 1. The van der Waals surface area contributed by atoms with Gasteiger partial charge >= 0.3 is 5.97 Å². The normalized spacial score (nSPS) is 32.4. The molecule has 1 saturated heterocycles. The molecule has 0 aromatic heterocycles. The van der Waals surface area contributed by atoms with Crippen molar-refractivity contribution >= 4 is 61.2 Å². The highest BCUT2D eigenvalue weighted by molar-refractivity contribution is 9.12. The molecule has 0 radical (unpaired) electrons. The van der Waals surface area contributed by atoms with Crippen molar-refractivity contribution in [3.05, 3.63) is 29.8 Å². The molecule has 0 unspecified atom stereocenters. The smallest absolute Gasteiger partial charge is 0.326 e. The Morgan fingerprint density at radius 3 is 2.28 bits per heavy atom. The van der Waals surface area contributed by atoms with Crippen LogP contribution in [0.2, 0.25) is 0 Å². The van der Waals surface area contributed by atoms with Crippen LogP contribution in [0, 0.1) is 30.6 Å². The van der Waals surface area contributed by atoms with Crippen molar-refractivity contribution in [2.24, 2.45) is 23.7 Å². The third-order valence-electron chi connectivity index (χ3n) is 6.15. The predicted octanol–water partition coefficient (Wildman–Crippen LogP) is 2.25. The number of imide groups is 1. The first-order valence-electron chi connectivity index (χ1n) is 9.44. The summed E-state index contributed by atoms with van der Waals surface area (Å²) in [6, 6.07) is 7.24. The standard InChI is InChI=1S/C20H20Br2N2O5/c1-9-4-2-3-5-12(9)23-13(25)8-29-14(26)7-24-19(27)15-10-6-11(16(15)20(24)28)18(22)17(10)21/h2-5,10-11,15-18H,6-8H2,1H3,(H,23,25)/t10-,11-,15-,16-,17-,18+/m1/s1. The molecule has 2 aliphatic carbocycles. The van der Waals surface area contributed by atoms with Crippen molar-refractivity contribution in [2.75, 3.05) is 18.5 Å². The lowest BCUT2D eigenvalue weighted by Crippen LogP contribution is -2.38. The summed E-state index contributed by atoms with van der Waals surface area (Å²) in [7, 11) is 0. The molecular formula is C20H20Br2N2O5. The number of rotatable bonds is 5. The molecule has 1 heterocycles. The van der Waals surface area contributed by atoms with Crippen LogP contribution in [0.5, 0.6) is 0 Å². The Balaban J connectivity index is 1.32. The Hall–Kier alpha value is -1.74. The van der Waals surface area contributed by atoms with Gasteiger partial charge in [0.25, 0.3) is 5.91 Å². The Bertz CT molecular complexity index is 859. The number of alkyl halides is 2. The number of para-hydroxylation sites is 1. The molecule has 1 N–H and O–H groups in total. The average molecular weight is 528 g/mol. The molecular weight excluding hydrogens is 508 g/mol. The molecule has 2 saturated carbocycles. The topological polar surface area (TPSA) is 92.8 Å². The maximum absolute atomic E-state index is 12.8. The van der Waals surface area contributed by atoms with Crippen LogP contribution in [0.25, 0.3) is 0 Å². The Labute approximate surface area is 184 Å². The van der Waals surface area contributed by atoms with Crippen molar-refractivity contribution in [1.29, 1.82) is 0 Å². The molecule has 2 bridgehead atoms. The number of carbonyl (C=O) groups excluding carboxylic acids is 4. The first kappa shape index (κ1) is 20.5. The van der Waals surface area contributed by atoms with Crippen LogP contribution in [0.15, 0.2) is 24.3 Å². The fourth-order valence-electron chi connectivity index (χ4n) is 4.79. The molecule has 1 aromatic rings. The van der Waals surface area contributed by atoms with Crippen LogP contribution >= 0.6 is 31.9 Å². The van der Waals surface area contributed by atoms with Crippen molar-refractivity contribution in [1.82, 2.24) is 4.90 Å². The Morgan fingerprint density at radius 2 is 1.69 bits per heavy atom. The minimum Gasteiger partial charge on any atom is -0.454 e. The largest absolute Gasteiger partial charge is 0.454 e. The third kappa shape index (κ3) is 3.52. The van der Waals surface area contributed by atoms with Crippen molar-refractivity contribution in [3.63, 3.8) is 0 Å². The van der Waals surface area contributed by atoms with Crippen LogP contribution in [-0.2, 0) is 23.9 Å². The third-order valence-corrected chi connectivity index (χ3v) is 9.36. The van der Waals surface area contributed by atoms with Crippen LogP contribution in [0.4, 0.5) is 5.69 Å². The maximum Gasteiger partial charge on any atom is 0.326 e. The molecule has 29 heavy (non-hydrogen) atoms. The van der Waals surface area contributed by atoms with E-state index < -0.39 is 25.0 Å². The van der Waals surface area contributed by atoms with Gasteiger partial charge in [-0.25, -0.2) is 0 Å². The zero-order valence-corrected chi connectivity index (χ0v) is 18.8. The summed E-state index contributed by atoms with van der Waals surface area (Å²) < 4.78 is 4.99. The fraction of sp³-hybridized carbons (Fsp3) is 0.500. The molecule has 4 rings (SSSR count). The number of amides is 3. The van der Waals surface area contributed by atoms with Gasteiger partial charge in [0.15, 0.2) is 6.61 Å². The second-order valence-corrected chi connectivity index (χ2v) is 9.90. The molecule has 0 spiro atoms. The molecule has 3 amide bonds. The van der Waals surface area contributed by atoms with Crippen LogP contribution in [-0.4, -0.2) is 51.4 Å². The Morgan fingerprint density at radius 1 is 1.10 bits per heavy atom. The van der Waals surface area contributed by atoms with E-state index in [2.05, 4.69) is 37.2 Å². The van der Waals surface area contributed by atoms with Gasteiger partial charge in [0.05, 0.1) is 11.8 Å². The second-order valence-electron chi connectivity index (χ2n) is 7.79. The minimum absolute atomic E-state index is 0.0896. The molecule has 1 aliphatic heterocycles. The van der Waals surface area contributed by atoms with E-state index in [1.54, 1.807) is 12.1 Å². The molecule has 154 valence electrons. The molecule has 1 aromatic carbocycles. The van der Waals surface area contributed by atoms with Gasteiger partial charge in [-0.1, -0.05) is 50.1 Å². The van der Waals surface area contributed by atoms with Gasteiger partial charge in [-0.3, -0.25) is 24.1 Å². The molecule has 9 heteroatoms. The van der Waals surface area contributed by atoms with E-state index in [0.717, 1.165) is 16.9 Å². The lowest BCUT2D eigenvalue weighted by Gasteiger charge is -2.28. The fourth-order valence-corrected chi connectivity index (χ4v) is 6.66. The van der Waals surface area contributed by atoms with Gasteiger partial charge in [0.2, 0.25) is 11.8 Å². The number of aryl methyl sites for hydroxylation is 1. The molecule has 7 nitrogen and oxygen atoms in total. The highest BCUT2D eigenvalue weighted by atomic mass is 79.9. The van der Waals surface area contributed by atoms with E-state index in [1.165, 1.54) is 0 Å². The Kier molecular flexibility index (Phi) is 5.54. The number of hydrogen-bond acceptors (Lipinski definition) is 5. The number of carbonyl (C=O) groups is 4. The van der Waals surface area contributed by atoms with E-state index in [-0.39, 0.29) is 45.1 Å². The first-order chi connectivity index (χ1) is 13.8. The van der Waals surface area contributed by atoms with Gasteiger partial charge in [-0.05, 0) is 36.8 Å². The van der Waals surface area contributed by atoms with Crippen LogP contribution in [0.1, 0.15) is 12.0 Å². The summed E-state index contributed by atoms with van der Waals surface area (Å²) in [6.07, 6.45) is 0.829. The number of esters is 1. The molecule has 3 aliphatic rings. The van der Waals surface area contributed by atoms with E-state index in [9.17, 15) is 19.2 Å². The predicted molar refractivity (Wildman–Crippen MR) is 111 cm³/mol.